The van der Waals surface area contributed by atoms with Crippen molar-refractivity contribution in [3.8, 4) is 0 Å². The summed E-state index contributed by atoms with van der Waals surface area (Å²) in [5.74, 6) is -3.14. The van der Waals surface area contributed by atoms with Gasteiger partial charge in [-0.25, -0.2) is 4.79 Å². The molecule has 0 spiro atoms. The van der Waals surface area contributed by atoms with Crippen LogP contribution in [0, 0.1) is 0 Å². The molecule has 73 heavy (non-hydrogen) atoms. The normalized spacial score (nSPS) is 18.7. The number of carboxylic acids is 1. The van der Waals surface area contributed by atoms with E-state index >= 15 is 0 Å². The zero-order valence-electron chi connectivity index (χ0n) is 46.1. The zero-order valence-corrected chi connectivity index (χ0v) is 46.1. The number of carbonyl (C=O) groups is 4. The molecule has 0 aromatic carbocycles. The second kappa shape index (κ2) is 49.3. The molecule has 12 nitrogen and oxygen atoms in total. The van der Waals surface area contributed by atoms with Crippen LogP contribution >= 0.6 is 0 Å². The van der Waals surface area contributed by atoms with Crippen molar-refractivity contribution in [3.05, 3.63) is 60.8 Å². The highest BCUT2D eigenvalue weighted by atomic mass is 16.7. The summed E-state index contributed by atoms with van der Waals surface area (Å²) in [4.78, 5) is 51.0. The first-order valence-electron chi connectivity index (χ1n) is 29.3. The third-order valence-electron chi connectivity index (χ3n) is 13.1. The fourth-order valence-electron chi connectivity index (χ4n) is 8.58. The standard InChI is InChI=1S/C61H104O12/c1-4-7-10-13-16-19-22-24-25-26-27-28-29-31-33-35-38-41-44-47-53(62)69-50-52(71-54(63)48-45-42-39-37-34-30-23-20-17-14-11-8-5-2)51-70-61-59(57(66)56(65)58(73-61)60(67)68)72-55(64)49-46-43-40-36-32-21-18-15-12-9-6-3/h7,10,15-16,18-19,24-25,27-28,52,56-59,61,65-66H,4-6,8-9,11-14,17,20-23,26,29-51H2,1-3H3,(H,67,68)/b10-7-,18-15-,19-16-,25-24-,28-27-. The molecule has 1 aliphatic rings. The number of allylic oxidation sites excluding steroid dienone is 10. The summed E-state index contributed by atoms with van der Waals surface area (Å²) < 4.78 is 28.4. The highest BCUT2D eigenvalue weighted by molar-refractivity contribution is 5.74. The SMILES string of the molecule is CC/C=C\C/C=C\C/C=C\C/C=C\CCCCCCCCC(=O)OCC(COC1OC(C(=O)O)C(O)C(O)C1OC(=O)CCCCCCC/C=C\CCCC)OC(=O)CCCCCCCCCCCCCCC. The Kier molecular flexibility index (Phi) is 45.5. The number of aliphatic hydroxyl groups excluding tert-OH is 2. The number of hydrogen-bond acceptors (Lipinski definition) is 11. The molecule has 6 atom stereocenters. The van der Waals surface area contributed by atoms with E-state index in [4.69, 9.17) is 23.7 Å². The number of esters is 3. The maximum Gasteiger partial charge on any atom is 0.335 e. The van der Waals surface area contributed by atoms with Crippen molar-refractivity contribution in [2.24, 2.45) is 0 Å². The molecule has 1 saturated heterocycles. The molecule has 0 saturated carbocycles. The molecule has 0 aromatic heterocycles. The summed E-state index contributed by atoms with van der Waals surface area (Å²) in [6, 6.07) is 0. The molecule has 420 valence electrons. The molecular weight excluding hydrogens is 925 g/mol. The van der Waals surface area contributed by atoms with E-state index in [1.807, 2.05) is 0 Å². The Bertz CT molecular complexity index is 1500. The van der Waals surface area contributed by atoms with Crippen molar-refractivity contribution in [1.29, 1.82) is 0 Å². The molecule has 6 unspecified atom stereocenters. The van der Waals surface area contributed by atoms with E-state index in [9.17, 15) is 34.5 Å². The maximum atomic E-state index is 13.1. The second-order valence-electron chi connectivity index (χ2n) is 19.9. The predicted octanol–water partition coefficient (Wildman–Crippen LogP) is 14.8. The highest BCUT2D eigenvalue weighted by Crippen LogP contribution is 2.26. The fraction of sp³-hybridized carbons (Fsp3) is 0.770. The van der Waals surface area contributed by atoms with Gasteiger partial charge in [0.15, 0.2) is 24.6 Å². The first-order chi connectivity index (χ1) is 35.6. The number of carboxylic acid groups (broad SMARTS) is 1. The van der Waals surface area contributed by atoms with Crippen LogP contribution in [0.2, 0.25) is 0 Å². The minimum Gasteiger partial charge on any atom is -0.479 e. The number of unbranched alkanes of at least 4 members (excludes halogenated alkanes) is 25. The smallest absolute Gasteiger partial charge is 0.335 e. The van der Waals surface area contributed by atoms with E-state index in [0.717, 1.165) is 122 Å². The van der Waals surface area contributed by atoms with Gasteiger partial charge in [0.2, 0.25) is 0 Å². The molecule has 1 heterocycles. The summed E-state index contributed by atoms with van der Waals surface area (Å²) in [7, 11) is 0. The molecule has 0 bridgehead atoms. The Morgan fingerprint density at radius 3 is 1.37 bits per heavy atom. The van der Waals surface area contributed by atoms with E-state index in [0.29, 0.717) is 19.3 Å². The van der Waals surface area contributed by atoms with Gasteiger partial charge in [0.1, 0.15) is 18.8 Å². The summed E-state index contributed by atoms with van der Waals surface area (Å²) in [6.07, 6.45) is 47.7. The number of hydrogen-bond donors (Lipinski definition) is 3. The topological polar surface area (TPSA) is 175 Å². The van der Waals surface area contributed by atoms with Crippen molar-refractivity contribution < 1.29 is 58.2 Å². The average Bonchev–Trinajstić information content (AvgIpc) is 3.37. The van der Waals surface area contributed by atoms with Gasteiger partial charge in [-0.15, -0.1) is 0 Å². The Balaban J connectivity index is 2.68. The van der Waals surface area contributed by atoms with Crippen LogP contribution in [0.3, 0.4) is 0 Å². The van der Waals surface area contributed by atoms with Crippen LogP contribution in [-0.4, -0.2) is 89.2 Å². The van der Waals surface area contributed by atoms with Gasteiger partial charge in [-0.3, -0.25) is 14.4 Å². The van der Waals surface area contributed by atoms with Gasteiger partial charge in [0, 0.05) is 19.3 Å². The van der Waals surface area contributed by atoms with Gasteiger partial charge in [-0.2, -0.15) is 0 Å². The number of rotatable bonds is 49. The molecular formula is C61H104O12. The molecule has 0 aliphatic carbocycles. The van der Waals surface area contributed by atoms with E-state index < -0.39 is 67.3 Å². The quantitative estimate of drug-likeness (QED) is 0.0228. The molecule has 0 aromatic rings. The fourth-order valence-corrected chi connectivity index (χ4v) is 8.58. The third-order valence-corrected chi connectivity index (χ3v) is 13.1. The van der Waals surface area contributed by atoms with Crippen LogP contribution in [-0.2, 0) is 42.9 Å². The van der Waals surface area contributed by atoms with Crippen molar-refractivity contribution in [2.45, 2.75) is 289 Å². The van der Waals surface area contributed by atoms with E-state index in [1.165, 1.54) is 70.6 Å². The second-order valence-corrected chi connectivity index (χ2v) is 19.9. The van der Waals surface area contributed by atoms with Gasteiger partial charge < -0.3 is 39.0 Å². The van der Waals surface area contributed by atoms with Crippen molar-refractivity contribution >= 4 is 23.9 Å². The van der Waals surface area contributed by atoms with Crippen LogP contribution in [0.4, 0.5) is 0 Å². The Labute approximate surface area is 443 Å². The number of aliphatic carboxylic acids is 1. The lowest BCUT2D eigenvalue weighted by Gasteiger charge is -2.40. The molecule has 1 aliphatic heterocycles. The van der Waals surface area contributed by atoms with E-state index in [1.54, 1.807) is 0 Å². The molecule has 1 rings (SSSR count). The molecule has 0 radical (unpaired) electrons. The third kappa shape index (κ3) is 39.5. The Morgan fingerprint density at radius 2 is 0.877 bits per heavy atom. The van der Waals surface area contributed by atoms with Gasteiger partial charge in [-0.1, -0.05) is 216 Å². The number of carbonyl (C=O) groups excluding carboxylic acids is 3. The van der Waals surface area contributed by atoms with E-state index in [2.05, 4.69) is 81.5 Å². The highest BCUT2D eigenvalue weighted by Gasteiger charge is 2.50. The summed E-state index contributed by atoms with van der Waals surface area (Å²) in [6.45, 7) is 5.82. The molecule has 1 fully saturated rings. The van der Waals surface area contributed by atoms with Crippen molar-refractivity contribution in [2.75, 3.05) is 13.2 Å². The minimum absolute atomic E-state index is 0.0490. The summed E-state index contributed by atoms with van der Waals surface area (Å²) in [5, 5.41) is 31.4. The van der Waals surface area contributed by atoms with Crippen LogP contribution in [0.5, 0.6) is 0 Å². The number of aliphatic hydroxyl groups is 2. The summed E-state index contributed by atoms with van der Waals surface area (Å²) in [5.41, 5.74) is 0. The average molecular weight is 1030 g/mol. The van der Waals surface area contributed by atoms with Crippen LogP contribution in [0.15, 0.2) is 60.8 Å². The van der Waals surface area contributed by atoms with Gasteiger partial charge in [0.05, 0.1) is 6.61 Å². The van der Waals surface area contributed by atoms with Crippen LogP contribution in [0.1, 0.15) is 252 Å². The molecule has 12 heteroatoms. The Morgan fingerprint density at radius 1 is 0.466 bits per heavy atom. The first kappa shape index (κ1) is 67.4. The zero-order chi connectivity index (χ0) is 53.3. The lowest BCUT2D eigenvalue weighted by molar-refractivity contribution is -0.301. The monoisotopic (exact) mass is 1030 g/mol. The van der Waals surface area contributed by atoms with E-state index in [-0.39, 0.29) is 25.9 Å². The van der Waals surface area contributed by atoms with Crippen molar-refractivity contribution in [1.82, 2.24) is 0 Å². The molecule has 3 N–H and O–H groups in total. The maximum absolute atomic E-state index is 13.1. The lowest BCUT2D eigenvalue weighted by Crippen LogP contribution is -2.61. The largest absolute Gasteiger partial charge is 0.479 e. The molecule has 0 amide bonds. The van der Waals surface area contributed by atoms with Crippen LogP contribution in [0.25, 0.3) is 0 Å². The van der Waals surface area contributed by atoms with Gasteiger partial charge in [-0.05, 0) is 77.0 Å². The van der Waals surface area contributed by atoms with Gasteiger partial charge in [0.25, 0.3) is 0 Å². The lowest BCUT2D eigenvalue weighted by atomic mass is 9.98. The van der Waals surface area contributed by atoms with Crippen LogP contribution < -0.4 is 0 Å². The summed E-state index contributed by atoms with van der Waals surface area (Å²) >= 11 is 0. The van der Waals surface area contributed by atoms with Crippen molar-refractivity contribution in [3.63, 3.8) is 0 Å². The Hall–Kier alpha value is -3.58. The first-order valence-corrected chi connectivity index (χ1v) is 29.3. The number of ether oxygens (including phenoxy) is 5. The minimum atomic E-state index is -1.91. The predicted molar refractivity (Wildman–Crippen MR) is 294 cm³/mol. The van der Waals surface area contributed by atoms with Gasteiger partial charge >= 0.3 is 23.9 Å².